The molecule has 1 saturated heterocycles. The van der Waals surface area contributed by atoms with Gasteiger partial charge in [0, 0.05) is 26.2 Å². The van der Waals surface area contributed by atoms with Gasteiger partial charge in [0.1, 0.15) is 11.5 Å². The molecule has 3 rings (SSSR count). The number of H-pyrrole nitrogens is 1. The third kappa shape index (κ3) is 4.84. The van der Waals surface area contributed by atoms with Crippen LogP contribution in [-0.2, 0) is 17.8 Å². The van der Waals surface area contributed by atoms with Crippen LogP contribution < -0.4 is 21.9 Å². The first-order valence-corrected chi connectivity index (χ1v) is 10.1. The van der Waals surface area contributed by atoms with Crippen LogP contribution >= 0.6 is 0 Å². The van der Waals surface area contributed by atoms with Crippen LogP contribution in [0.25, 0.3) is 0 Å². The molecule has 0 spiro atoms. The Hall–Kier alpha value is -2.54. The molecule has 3 N–H and O–H groups in total. The summed E-state index contributed by atoms with van der Waals surface area (Å²) >= 11 is 0. The summed E-state index contributed by atoms with van der Waals surface area (Å²) in [4.78, 5) is 29.4. The number of aromatic nitrogens is 2. The van der Waals surface area contributed by atoms with Crippen LogP contribution in [0.3, 0.4) is 0 Å². The third-order valence-corrected chi connectivity index (χ3v) is 5.18. The van der Waals surface area contributed by atoms with Crippen LogP contribution in [0.2, 0.25) is 0 Å². The molecule has 0 amide bonds. The highest BCUT2D eigenvalue weighted by atomic mass is 16.5. The Kier molecular flexibility index (Phi) is 6.92. The van der Waals surface area contributed by atoms with Gasteiger partial charge >= 0.3 is 5.69 Å². The molecule has 7 nitrogen and oxygen atoms in total. The molecular formula is C21H30N4O3. The van der Waals surface area contributed by atoms with E-state index in [0.717, 1.165) is 44.3 Å². The quantitative estimate of drug-likeness (QED) is 0.727. The summed E-state index contributed by atoms with van der Waals surface area (Å²) in [6.07, 6.45) is 4.95. The largest absolute Gasteiger partial charge is 0.383 e. The van der Waals surface area contributed by atoms with E-state index in [1.165, 1.54) is 4.57 Å². The number of rotatable bonds is 8. The summed E-state index contributed by atoms with van der Waals surface area (Å²) < 4.78 is 7.38. The molecule has 1 atom stereocenters. The summed E-state index contributed by atoms with van der Waals surface area (Å²) in [7, 11) is 0. The number of aromatic amines is 1. The minimum absolute atomic E-state index is 0.0484. The molecule has 152 valence electrons. The maximum absolute atomic E-state index is 12.7. The molecule has 7 heteroatoms. The lowest BCUT2D eigenvalue weighted by molar-refractivity contribution is 0.0208. The number of anilines is 2. The van der Waals surface area contributed by atoms with E-state index in [9.17, 15) is 9.59 Å². The van der Waals surface area contributed by atoms with Crippen molar-refractivity contribution < 1.29 is 4.74 Å². The maximum Gasteiger partial charge on any atom is 0.330 e. The number of benzene rings is 1. The van der Waals surface area contributed by atoms with Gasteiger partial charge in [-0.15, -0.1) is 0 Å². The highest BCUT2D eigenvalue weighted by Crippen LogP contribution is 2.23. The number of nitrogens with two attached hydrogens (primary N) is 1. The molecule has 0 bridgehead atoms. The summed E-state index contributed by atoms with van der Waals surface area (Å²) in [5.74, 6) is 0.231. The second-order valence-electron chi connectivity index (χ2n) is 7.35. The number of nitrogens with zero attached hydrogens (tertiary/aromatic N) is 2. The van der Waals surface area contributed by atoms with E-state index in [0.29, 0.717) is 25.3 Å². The van der Waals surface area contributed by atoms with Crippen molar-refractivity contribution in [2.45, 2.75) is 58.2 Å². The van der Waals surface area contributed by atoms with Crippen molar-refractivity contribution >= 4 is 11.5 Å². The second kappa shape index (κ2) is 9.59. The Morgan fingerprint density at radius 3 is 2.71 bits per heavy atom. The Labute approximate surface area is 165 Å². The van der Waals surface area contributed by atoms with E-state index in [4.69, 9.17) is 10.5 Å². The van der Waals surface area contributed by atoms with Gasteiger partial charge in [-0.3, -0.25) is 14.3 Å². The highest BCUT2D eigenvalue weighted by molar-refractivity contribution is 5.62. The van der Waals surface area contributed by atoms with Gasteiger partial charge in [-0.25, -0.2) is 4.79 Å². The predicted octanol–water partition coefficient (Wildman–Crippen LogP) is 2.49. The summed E-state index contributed by atoms with van der Waals surface area (Å²) in [6.45, 7) is 4.37. The number of nitrogen functional groups attached to an aromatic ring is 1. The first-order chi connectivity index (χ1) is 13.6. The molecule has 1 aromatic carbocycles. The lowest BCUT2D eigenvalue weighted by atomic mass is 10.1. The maximum atomic E-state index is 12.7. The normalized spacial score (nSPS) is 16.8. The standard InChI is InChI=1S/C21H30N4O3/c1-2-3-12-25-19(22)18(20(26)23-21(25)27)24(14-16-9-5-4-6-10-16)15-17-11-7-8-13-28-17/h4-6,9-10,17H,2-3,7-8,11-15,22H2,1H3,(H,23,26,27). The number of nitrogens with one attached hydrogen (secondary N) is 1. The highest BCUT2D eigenvalue weighted by Gasteiger charge is 2.24. The van der Waals surface area contributed by atoms with Crippen molar-refractivity contribution in [2.75, 3.05) is 23.8 Å². The van der Waals surface area contributed by atoms with Gasteiger partial charge in [0.05, 0.1) is 6.10 Å². The molecule has 2 heterocycles. The SMILES string of the molecule is CCCCn1c(N)c(N(Cc2ccccc2)CC2CCCCO2)c(=O)[nH]c1=O. The van der Waals surface area contributed by atoms with Gasteiger partial charge in [-0.2, -0.15) is 0 Å². The van der Waals surface area contributed by atoms with Gasteiger partial charge in [0.15, 0.2) is 0 Å². The third-order valence-electron chi connectivity index (χ3n) is 5.18. The van der Waals surface area contributed by atoms with Crippen molar-refractivity contribution in [2.24, 2.45) is 0 Å². The summed E-state index contributed by atoms with van der Waals surface area (Å²) in [5.41, 5.74) is 6.88. The molecule has 2 aromatic rings. The molecule has 1 unspecified atom stereocenters. The smallest absolute Gasteiger partial charge is 0.330 e. The molecule has 1 aliphatic rings. The minimum atomic E-state index is -0.451. The van der Waals surface area contributed by atoms with Gasteiger partial charge in [-0.05, 0) is 31.2 Å². The number of unbranched alkanes of at least 4 members (excludes halogenated alkanes) is 1. The van der Waals surface area contributed by atoms with Gasteiger partial charge in [0.2, 0.25) is 0 Å². The Morgan fingerprint density at radius 2 is 2.04 bits per heavy atom. The topological polar surface area (TPSA) is 93.3 Å². The zero-order valence-electron chi connectivity index (χ0n) is 16.5. The van der Waals surface area contributed by atoms with Gasteiger partial charge in [-0.1, -0.05) is 43.7 Å². The average molecular weight is 386 g/mol. The van der Waals surface area contributed by atoms with Crippen LogP contribution in [0, 0.1) is 0 Å². The van der Waals surface area contributed by atoms with Crippen molar-refractivity contribution in [3.05, 3.63) is 56.7 Å². The van der Waals surface area contributed by atoms with E-state index in [1.807, 2.05) is 35.2 Å². The number of hydrogen-bond donors (Lipinski definition) is 2. The van der Waals surface area contributed by atoms with E-state index in [1.54, 1.807) is 0 Å². The Morgan fingerprint density at radius 1 is 1.25 bits per heavy atom. The molecule has 1 fully saturated rings. The molecule has 1 aliphatic heterocycles. The fourth-order valence-electron chi connectivity index (χ4n) is 3.66. The molecule has 0 aliphatic carbocycles. The van der Waals surface area contributed by atoms with Crippen LogP contribution in [0.5, 0.6) is 0 Å². The van der Waals surface area contributed by atoms with Crippen LogP contribution in [-0.4, -0.2) is 28.8 Å². The minimum Gasteiger partial charge on any atom is -0.383 e. The van der Waals surface area contributed by atoms with E-state index >= 15 is 0 Å². The zero-order chi connectivity index (χ0) is 19.9. The second-order valence-corrected chi connectivity index (χ2v) is 7.35. The van der Waals surface area contributed by atoms with Gasteiger partial charge in [0.25, 0.3) is 5.56 Å². The number of ether oxygens (including phenoxy) is 1. The fraction of sp³-hybridized carbons (Fsp3) is 0.524. The molecular weight excluding hydrogens is 356 g/mol. The first kappa shape index (κ1) is 20.2. The lowest BCUT2D eigenvalue weighted by Gasteiger charge is -2.32. The van der Waals surface area contributed by atoms with Gasteiger partial charge < -0.3 is 15.4 Å². The Balaban J connectivity index is 1.98. The van der Waals surface area contributed by atoms with E-state index < -0.39 is 11.2 Å². The van der Waals surface area contributed by atoms with Crippen LogP contribution in [0.4, 0.5) is 11.5 Å². The lowest BCUT2D eigenvalue weighted by Crippen LogP contribution is -2.42. The Bertz CT molecular complexity index is 869. The number of hydrogen-bond acceptors (Lipinski definition) is 5. The van der Waals surface area contributed by atoms with Crippen molar-refractivity contribution in [1.82, 2.24) is 9.55 Å². The van der Waals surface area contributed by atoms with Crippen LogP contribution in [0.15, 0.2) is 39.9 Å². The summed E-state index contributed by atoms with van der Waals surface area (Å²) in [6, 6.07) is 9.95. The zero-order valence-corrected chi connectivity index (χ0v) is 16.5. The van der Waals surface area contributed by atoms with Crippen LogP contribution in [0.1, 0.15) is 44.6 Å². The van der Waals surface area contributed by atoms with E-state index in [2.05, 4.69) is 11.9 Å². The van der Waals surface area contributed by atoms with Crippen molar-refractivity contribution in [1.29, 1.82) is 0 Å². The molecule has 28 heavy (non-hydrogen) atoms. The predicted molar refractivity (Wildman–Crippen MR) is 112 cm³/mol. The first-order valence-electron chi connectivity index (χ1n) is 10.1. The monoisotopic (exact) mass is 386 g/mol. The average Bonchev–Trinajstić information content (AvgIpc) is 2.69. The van der Waals surface area contributed by atoms with E-state index in [-0.39, 0.29) is 11.9 Å². The van der Waals surface area contributed by atoms with Crippen molar-refractivity contribution in [3.63, 3.8) is 0 Å². The summed E-state index contributed by atoms with van der Waals surface area (Å²) in [5, 5.41) is 0. The molecule has 0 radical (unpaired) electrons. The van der Waals surface area contributed by atoms with Crippen molar-refractivity contribution in [3.8, 4) is 0 Å². The molecule has 0 saturated carbocycles. The fourth-order valence-corrected chi connectivity index (χ4v) is 3.66. The molecule has 1 aromatic heterocycles.